The van der Waals surface area contributed by atoms with Crippen LogP contribution in [0.25, 0.3) is 5.65 Å². The van der Waals surface area contributed by atoms with Crippen molar-refractivity contribution in [2.75, 3.05) is 36.5 Å². The molecule has 1 aromatic carbocycles. The van der Waals surface area contributed by atoms with Gasteiger partial charge < -0.3 is 25.0 Å². The fraction of sp³-hybridized carbons (Fsp3) is 0.517. The summed E-state index contributed by atoms with van der Waals surface area (Å²) in [6, 6.07) is 5.53. The number of aromatic nitrogens is 3. The molecule has 206 valence electrons. The highest BCUT2D eigenvalue weighted by Gasteiger charge is 2.36. The number of aliphatic hydroxyl groups is 1. The lowest BCUT2D eigenvalue weighted by Gasteiger charge is -2.41. The number of hydrogen-bond acceptors (Lipinski definition) is 7. The van der Waals surface area contributed by atoms with Crippen LogP contribution in [0, 0.1) is 11.8 Å². The third kappa shape index (κ3) is 4.98. The van der Waals surface area contributed by atoms with Gasteiger partial charge in [-0.1, -0.05) is 0 Å². The second kappa shape index (κ2) is 9.91. The first-order valence-electron chi connectivity index (χ1n) is 13.8. The Kier molecular flexibility index (Phi) is 6.55. The van der Waals surface area contributed by atoms with E-state index in [9.17, 15) is 14.7 Å². The lowest BCUT2D eigenvalue weighted by atomic mass is 9.83. The van der Waals surface area contributed by atoms with Gasteiger partial charge in [0, 0.05) is 49.6 Å². The maximum atomic E-state index is 13.5. The first-order valence-corrected chi connectivity index (χ1v) is 13.8. The minimum Gasteiger partial charge on any atom is -0.390 e. The molecule has 1 atom stereocenters. The lowest BCUT2D eigenvalue weighted by molar-refractivity contribution is -0.0650. The quantitative estimate of drug-likeness (QED) is 0.480. The Hall–Kier alpha value is -3.50. The van der Waals surface area contributed by atoms with Crippen molar-refractivity contribution in [3.05, 3.63) is 53.5 Å². The zero-order valence-corrected chi connectivity index (χ0v) is 22.8. The van der Waals surface area contributed by atoms with Gasteiger partial charge in [-0.05, 0) is 69.7 Å². The largest absolute Gasteiger partial charge is 0.390 e. The van der Waals surface area contributed by atoms with Gasteiger partial charge >= 0.3 is 0 Å². The van der Waals surface area contributed by atoms with Crippen LogP contribution in [0.4, 0.5) is 11.4 Å². The Balaban J connectivity index is 1.30. The maximum absolute atomic E-state index is 13.5. The van der Waals surface area contributed by atoms with Crippen molar-refractivity contribution in [2.45, 2.75) is 58.2 Å². The Morgan fingerprint density at radius 3 is 2.69 bits per heavy atom. The van der Waals surface area contributed by atoms with E-state index in [1.54, 1.807) is 36.8 Å². The molecule has 3 aliphatic rings. The van der Waals surface area contributed by atoms with Crippen molar-refractivity contribution in [3.8, 4) is 0 Å². The number of anilines is 2. The summed E-state index contributed by atoms with van der Waals surface area (Å²) in [6.45, 7) is 9.35. The molecule has 0 bridgehead atoms. The van der Waals surface area contributed by atoms with Crippen molar-refractivity contribution in [3.63, 3.8) is 0 Å². The van der Waals surface area contributed by atoms with Gasteiger partial charge in [0.2, 0.25) is 0 Å². The molecule has 2 saturated heterocycles. The number of fused-ring (bicyclic) bond motifs is 2. The van der Waals surface area contributed by atoms with E-state index in [1.807, 2.05) is 24.0 Å². The van der Waals surface area contributed by atoms with Gasteiger partial charge in [-0.2, -0.15) is 5.10 Å². The lowest BCUT2D eigenvalue weighted by Crippen LogP contribution is -2.42. The third-order valence-corrected chi connectivity index (χ3v) is 8.36. The van der Waals surface area contributed by atoms with Gasteiger partial charge in [0.15, 0.2) is 5.65 Å². The predicted molar refractivity (Wildman–Crippen MR) is 147 cm³/mol. The van der Waals surface area contributed by atoms with Crippen LogP contribution in [0.1, 0.15) is 66.3 Å². The number of nitrogens with zero attached hydrogens (tertiary/aromatic N) is 5. The highest BCUT2D eigenvalue weighted by atomic mass is 16.5. The molecule has 0 unspecified atom stereocenters. The van der Waals surface area contributed by atoms with Crippen LogP contribution in [-0.4, -0.2) is 74.4 Å². The monoisotopic (exact) mass is 532 g/mol. The van der Waals surface area contributed by atoms with Crippen LogP contribution in [0.15, 0.2) is 36.8 Å². The van der Waals surface area contributed by atoms with Gasteiger partial charge in [-0.25, -0.2) is 9.50 Å². The number of benzene rings is 1. The zero-order chi connectivity index (χ0) is 27.3. The minimum atomic E-state index is -0.878. The van der Waals surface area contributed by atoms with E-state index in [0.717, 1.165) is 50.4 Å². The molecule has 0 spiro atoms. The van der Waals surface area contributed by atoms with Crippen LogP contribution in [0.2, 0.25) is 0 Å². The van der Waals surface area contributed by atoms with Crippen molar-refractivity contribution < 1.29 is 19.4 Å². The van der Waals surface area contributed by atoms with E-state index in [2.05, 4.69) is 20.3 Å². The normalized spacial score (nSPS) is 19.3. The number of carbonyl (C=O) groups is 2. The average molecular weight is 533 g/mol. The number of amides is 2. The predicted octanol–water partition coefficient (Wildman–Crippen LogP) is 3.35. The van der Waals surface area contributed by atoms with E-state index >= 15 is 0 Å². The fourth-order valence-corrected chi connectivity index (χ4v) is 6.24. The molecular formula is C29H36N6O4. The van der Waals surface area contributed by atoms with E-state index < -0.39 is 5.60 Å². The summed E-state index contributed by atoms with van der Waals surface area (Å²) in [5.74, 6) is 0.964. The average Bonchev–Trinajstić information content (AvgIpc) is 3.43. The summed E-state index contributed by atoms with van der Waals surface area (Å²) in [5.41, 5.74) is 3.09. The van der Waals surface area contributed by atoms with Gasteiger partial charge in [0.05, 0.1) is 36.4 Å². The summed E-state index contributed by atoms with van der Waals surface area (Å²) >= 11 is 0. The minimum absolute atomic E-state index is 0.0331. The zero-order valence-electron chi connectivity index (χ0n) is 22.8. The summed E-state index contributed by atoms with van der Waals surface area (Å²) in [4.78, 5) is 35.4. The SMILES string of the molecule is C[C@@H](CC(C)(C)O)N1Cc2cc(NC(=O)c3cnn4cccnc34)c(N3CCC(C4COC4)CC3)cc2C1=O. The topological polar surface area (TPSA) is 112 Å². The van der Waals surface area contributed by atoms with Crippen LogP contribution in [0.5, 0.6) is 0 Å². The first-order chi connectivity index (χ1) is 18.7. The van der Waals surface area contributed by atoms with Crippen LogP contribution in [-0.2, 0) is 11.3 Å². The molecule has 10 heteroatoms. The Morgan fingerprint density at radius 2 is 2.00 bits per heavy atom. The number of nitrogens with one attached hydrogen (secondary N) is 1. The van der Waals surface area contributed by atoms with Crippen molar-refractivity contribution >= 4 is 28.8 Å². The smallest absolute Gasteiger partial charge is 0.261 e. The highest BCUT2D eigenvalue weighted by Crippen LogP contribution is 2.39. The third-order valence-electron chi connectivity index (χ3n) is 8.36. The van der Waals surface area contributed by atoms with E-state index in [0.29, 0.717) is 47.3 Å². The molecule has 39 heavy (non-hydrogen) atoms. The van der Waals surface area contributed by atoms with Crippen LogP contribution < -0.4 is 10.2 Å². The summed E-state index contributed by atoms with van der Waals surface area (Å²) in [6.07, 6.45) is 7.51. The summed E-state index contributed by atoms with van der Waals surface area (Å²) in [5, 5.41) is 17.7. The van der Waals surface area contributed by atoms with Gasteiger partial charge in [0.1, 0.15) is 5.56 Å². The number of hydrogen-bond donors (Lipinski definition) is 2. The molecule has 3 aromatic rings. The Morgan fingerprint density at radius 1 is 1.23 bits per heavy atom. The van der Waals surface area contributed by atoms with Gasteiger partial charge in [-0.3, -0.25) is 9.59 Å². The molecule has 3 aliphatic heterocycles. The van der Waals surface area contributed by atoms with Gasteiger partial charge in [0.25, 0.3) is 11.8 Å². The molecule has 6 rings (SSSR count). The molecule has 5 heterocycles. The molecule has 0 saturated carbocycles. The Bertz CT molecular complexity index is 1400. The first kappa shape index (κ1) is 25.8. The molecule has 10 nitrogen and oxygen atoms in total. The second-order valence-electron chi connectivity index (χ2n) is 11.8. The molecule has 0 radical (unpaired) electrons. The number of piperidine rings is 1. The summed E-state index contributed by atoms with van der Waals surface area (Å²) < 4.78 is 7.00. The summed E-state index contributed by atoms with van der Waals surface area (Å²) in [7, 11) is 0. The van der Waals surface area contributed by atoms with Crippen molar-refractivity contribution in [2.24, 2.45) is 11.8 Å². The molecule has 2 N–H and O–H groups in total. The van der Waals surface area contributed by atoms with Crippen molar-refractivity contribution in [1.82, 2.24) is 19.5 Å². The Labute approximate surface area is 228 Å². The molecule has 2 fully saturated rings. The van der Waals surface area contributed by atoms with Crippen molar-refractivity contribution in [1.29, 1.82) is 0 Å². The van der Waals surface area contributed by atoms with Gasteiger partial charge in [-0.15, -0.1) is 0 Å². The highest BCUT2D eigenvalue weighted by molar-refractivity contribution is 6.10. The molecule has 0 aliphatic carbocycles. The maximum Gasteiger partial charge on any atom is 0.261 e. The molecule has 2 aromatic heterocycles. The molecular weight excluding hydrogens is 496 g/mol. The fourth-order valence-electron chi connectivity index (χ4n) is 6.24. The van der Waals surface area contributed by atoms with E-state index in [-0.39, 0.29) is 17.9 Å². The second-order valence-corrected chi connectivity index (χ2v) is 11.8. The van der Waals surface area contributed by atoms with Crippen LogP contribution >= 0.6 is 0 Å². The van der Waals surface area contributed by atoms with E-state index in [1.165, 1.54) is 6.20 Å². The van der Waals surface area contributed by atoms with E-state index in [4.69, 9.17) is 4.74 Å². The van der Waals surface area contributed by atoms with Crippen LogP contribution in [0.3, 0.4) is 0 Å². The standard InChI is InChI=1S/C29H36N6O4/c1-18(13-29(2,3)38)34-15-20-11-24(32-27(36)23-14-31-35-8-4-7-30-26(23)35)25(12-22(20)28(34)37)33-9-5-19(6-10-33)21-16-39-17-21/h4,7-8,11-12,14,18-19,21,38H,5-6,9-10,13,15-17H2,1-3H3,(H,32,36)/t18-/m0/s1. The molecule has 2 amide bonds. The number of carbonyl (C=O) groups excluding carboxylic acids is 2. The number of rotatable bonds is 7. The number of ether oxygens (including phenoxy) is 1.